The molecule has 2 rings (SSSR count). The first kappa shape index (κ1) is 16.2. The van der Waals surface area contributed by atoms with E-state index in [0.717, 1.165) is 11.4 Å². The number of imidazole rings is 1. The molecule has 118 valence electrons. The van der Waals surface area contributed by atoms with Gasteiger partial charge >= 0.3 is 0 Å². The molecule has 1 aromatic carbocycles. The molecule has 1 heterocycles. The van der Waals surface area contributed by atoms with Gasteiger partial charge in [0.2, 0.25) is 5.91 Å². The number of aryl methyl sites for hydroxylation is 2. The van der Waals surface area contributed by atoms with E-state index in [2.05, 4.69) is 10.3 Å². The zero-order chi connectivity index (χ0) is 16.3. The van der Waals surface area contributed by atoms with Crippen molar-refractivity contribution in [1.82, 2.24) is 14.9 Å². The molecule has 0 aliphatic rings. The molecule has 2 aromatic rings. The maximum absolute atomic E-state index is 13.3. The molecule has 4 nitrogen and oxygen atoms in total. The number of benzene rings is 1. The van der Waals surface area contributed by atoms with Crippen molar-refractivity contribution < 1.29 is 9.18 Å². The van der Waals surface area contributed by atoms with Crippen molar-refractivity contribution in [2.75, 3.05) is 0 Å². The molecule has 1 N–H and O–H groups in total. The largest absolute Gasteiger partial charge is 0.346 e. The zero-order valence-electron chi connectivity index (χ0n) is 13.4. The Morgan fingerprint density at radius 3 is 2.73 bits per heavy atom. The van der Waals surface area contributed by atoms with Crippen molar-refractivity contribution in [3.8, 4) is 0 Å². The Kier molecular flexibility index (Phi) is 4.96. The predicted octanol–water partition coefficient (Wildman–Crippen LogP) is 2.92. The maximum atomic E-state index is 13.3. The highest BCUT2D eigenvalue weighted by molar-refractivity contribution is 5.79. The number of carbonyl (C=O) groups is 1. The van der Waals surface area contributed by atoms with Gasteiger partial charge in [0.15, 0.2) is 0 Å². The monoisotopic (exact) mass is 303 g/mol. The lowest BCUT2D eigenvalue weighted by atomic mass is 10.0. The van der Waals surface area contributed by atoms with Crippen LogP contribution in [0.2, 0.25) is 0 Å². The third kappa shape index (κ3) is 3.72. The van der Waals surface area contributed by atoms with E-state index in [0.29, 0.717) is 5.56 Å². The minimum atomic E-state index is -0.321. The molecule has 1 atom stereocenters. The summed E-state index contributed by atoms with van der Waals surface area (Å²) in [7, 11) is 1.90. The predicted molar refractivity (Wildman–Crippen MR) is 83.8 cm³/mol. The third-order valence-electron chi connectivity index (χ3n) is 3.78. The number of halogens is 1. The summed E-state index contributed by atoms with van der Waals surface area (Å²) in [5.74, 6) is 0.575. The Hall–Kier alpha value is -2.17. The average molecular weight is 303 g/mol. The second-order valence-electron chi connectivity index (χ2n) is 5.93. The van der Waals surface area contributed by atoms with Gasteiger partial charge in [-0.3, -0.25) is 4.79 Å². The highest BCUT2D eigenvalue weighted by atomic mass is 19.1. The molecule has 0 bridgehead atoms. The van der Waals surface area contributed by atoms with Gasteiger partial charge in [-0.25, -0.2) is 9.37 Å². The van der Waals surface area contributed by atoms with E-state index in [-0.39, 0.29) is 30.1 Å². The number of carbonyl (C=O) groups excluding carboxylic acids is 1. The first-order chi connectivity index (χ1) is 10.4. The Bertz CT molecular complexity index is 664. The molecular formula is C17H22FN3O. The van der Waals surface area contributed by atoms with Crippen molar-refractivity contribution in [3.63, 3.8) is 0 Å². The standard InChI is InChI=1S/C17H22FN3O/c1-11(2)16(17-19-7-8-21(17)4)20-15(22)10-13-9-14(18)6-5-12(13)3/h5-9,11,16H,10H2,1-4H3,(H,20,22)/t16-/m0/s1. The van der Waals surface area contributed by atoms with Gasteiger partial charge in [0.1, 0.15) is 11.6 Å². The van der Waals surface area contributed by atoms with Gasteiger partial charge in [0, 0.05) is 19.4 Å². The molecule has 0 aliphatic carbocycles. The number of amides is 1. The maximum Gasteiger partial charge on any atom is 0.225 e. The van der Waals surface area contributed by atoms with Gasteiger partial charge in [-0.05, 0) is 36.1 Å². The van der Waals surface area contributed by atoms with Crippen LogP contribution in [0.25, 0.3) is 0 Å². The van der Waals surface area contributed by atoms with Crippen LogP contribution in [0.3, 0.4) is 0 Å². The van der Waals surface area contributed by atoms with Crippen LogP contribution in [-0.4, -0.2) is 15.5 Å². The first-order valence-corrected chi connectivity index (χ1v) is 7.40. The summed E-state index contributed by atoms with van der Waals surface area (Å²) in [6, 6.07) is 4.35. The lowest BCUT2D eigenvalue weighted by molar-refractivity contribution is -0.121. The summed E-state index contributed by atoms with van der Waals surface area (Å²) >= 11 is 0. The fourth-order valence-electron chi connectivity index (χ4n) is 2.43. The van der Waals surface area contributed by atoms with E-state index in [1.165, 1.54) is 12.1 Å². The van der Waals surface area contributed by atoms with Crippen LogP contribution in [0.15, 0.2) is 30.6 Å². The summed E-state index contributed by atoms with van der Waals surface area (Å²) in [4.78, 5) is 16.6. The summed E-state index contributed by atoms with van der Waals surface area (Å²) in [5.41, 5.74) is 1.62. The van der Waals surface area contributed by atoms with Gasteiger partial charge in [-0.15, -0.1) is 0 Å². The van der Waals surface area contributed by atoms with Crippen LogP contribution in [-0.2, 0) is 18.3 Å². The van der Waals surface area contributed by atoms with Crippen LogP contribution < -0.4 is 5.32 Å². The smallest absolute Gasteiger partial charge is 0.225 e. The molecule has 5 heteroatoms. The second kappa shape index (κ2) is 6.73. The van der Waals surface area contributed by atoms with E-state index >= 15 is 0 Å². The SMILES string of the molecule is Cc1ccc(F)cc1CC(=O)N[C@H](c1nccn1C)C(C)C. The zero-order valence-corrected chi connectivity index (χ0v) is 13.4. The quantitative estimate of drug-likeness (QED) is 0.923. The van der Waals surface area contributed by atoms with Gasteiger partial charge in [-0.2, -0.15) is 0 Å². The van der Waals surface area contributed by atoms with Crippen LogP contribution in [0.1, 0.15) is 36.8 Å². The molecule has 0 unspecified atom stereocenters. The minimum Gasteiger partial charge on any atom is -0.346 e. The normalized spacial score (nSPS) is 12.5. The van der Waals surface area contributed by atoms with Gasteiger partial charge in [-0.1, -0.05) is 19.9 Å². The second-order valence-corrected chi connectivity index (χ2v) is 5.93. The number of aromatic nitrogens is 2. The van der Waals surface area contributed by atoms with Crippen molar-refractivity contribution in [3.05, 3.63) is 53.4 Å². The molecule has 0 fully saturated rings. The summed E-state index contributed by atoms with van der Waals surface area (Å²) in [6.45, 7) is 5.95. The topological polar surface area (TPSA) is 46.9 Å². The van der Waals surface area contributed by atoms with Crippen molar-refractivity contribution in [1.29, 1.82) is 0 Å². The van der Waals surface area contributed by atoms with Gasteiger partial charge in [0.25, 0.3) is 0 Å². The van der Waals surface area contributed by atoms with Crippen LogP contribution in [0.5, 0.6) is 0 Å². The van der Waals surface area contributed by atoms with E-state index < -0.39 is 0 Å². The summed E-state index contributed by atoms with van der Waals surface area (Å²) < 4.78 is 15.2. The van der Waals surface area contributed by atoms with E-state index in [9.17, 15) is 9.18 Å². The van der Waals surface area contributed by atoms with Gasteiger partial charge < -0.3 is 9.88 Å². The Morgan fingerprint density at radius 1 is 1.41 bits per heavy atom. The van der Waals surface area contributed by atoms with E-state index in [1.54, 1.807) is 12.3 Å². The molecule has 22 heavy (non-hydrogen) atoms. The highest BCUT2D eigenvalue weighted by Crippen LogP contribution is 2.20. The Morgan fingerprint density at radius 2 is 2.14 bits per heavy atom. The van der Waals surface area contributed by atoms with Crippen LogP contribution in [0.4, 0.5) is 4.39 Å². The first-order valence-electron chi connectivity index (χ1n) is 7.40. The molecule has 1 amide bonds. The van der Waals surface area contributed by atoms with Gasteiger partial charge in [0.05, 0.1) is 12.5 Å². The van der Waals surface area contributed by atoms with Crippen molar-refractivity contribution in [2.24, 2.45) is 13.0 Å². The fourth-order valence-corrected chi connectivity index (χ4v) is 2.43. The molecular weight excluding hydrogens is 281 g/mol. The highest BCUT2D eigenvalue weighted by Gasteiger charge is 2.22. The Labute approximate surface area is 130 Å². The molecule has 0 saturated carbocycles. The number of nitrogens with zero attached hydrogens (tertiary/aromatic N) is 2. The Balaban J connectivity index is 2.12. The fraction of sp³-hybridized carbons (Fsp3) is 0.412. The molecule has 0 aliphatic heterocycles. The minimum absolute atomic E-state index is 0.129. The summed E-state index contributed by atoms with van der Waals surface area (Å²) in [6.07, 6.45) is 3.73. The number of hydrogen-bond acceptors (Lipinski definition) is 2. The van der Waals surface area contributed by atoms with E-state index in [1.807, 2.05) is 38.6 Å². The summed E-state index contributed by atoms with van der Waals surface area (Å²) in [5, 5.41) is 3.01. The van der Waals surface area contributed by atoms with Crippen molar-refractivity contribution >= 4 is 5.91 Å². The third-order valence-corrected chi connectivity index (χ3v) is 3.78. The number of nitrogens with one attached hydrogen (secondary N) is 1. The van der Waals surface area contributed by atoms with Crippen LogP contribution >= 0.6 is 0 Å². The van der Waals surface area contributed by atoms with E-state index in [4.69, 9.17) is 0 Å². The molecule has 0 radical (unpaired) electrons. The lowest BCUT2D eigenvalue weighted by Gasteiger charge is -2.22. The lowest BCUT2D eigenvalue weighted by Crippen LogP contribution is -2.34. The molecule has 0 spiro atoms. The number of hydrogen-bond donors (Lipinski definition) is 1. The molecule has 1 aromatic heterocycles. The van der Waals surface area contributed by atoms with Crippen molar-refractivity contribution in [2.45, 2.75) is 33.2 Å². The average Bonchev–Trinajstić information content (AvgIpc) is 2.86. The molecule has 0 saturated heterocycles. The van der Waals surface area contributed by atoms with Crippen LogP contribution in [0, 0.1) is 18.7 Å². The number of rotatable bonds is 5.